The number of ether oxygens (including phenoxy) is 3. The number of hydrogen-bond acceptors (Lipinski definition) is 7. The normalized spacial score (nSPS) is 17.7. The topological polar surface area (TPSA) is 132 Å². The van der Waals surface area contributed by atoms with Gasteiger partial charge in [-0.2, -0.15) is 0 Å². The summed E-state index contributed by atoms with van der Waals surface area (Å²) in [5, 5.41) is 11.6. The molecule has 0 aliphatic carbocycles. The van der Waals surface area contributed by atoms with Gasteiger partial charge in [-0.3, -0.25) is 14.8 Å². The van der Waals surface area contributed by atoms with Crippen LogP contribution in [-0.4, -0.2) is 42.9 Å². The number of para-hydroxylation sites is 2. The molecule has 2 amide bonds. The Morgan fingerprint density at radius 2 is 2.09 bits per heavy atom. The molecule has 0 aromatic heterocycles. The lowest BCUT2D eigenvalue weighted by molar-refractivity contribution is -0.131. The lowest BCUT2D eigenvalue weighted by Crippen LogP contribution is -2.39. The van der Waals surface area contributed by atoms with Crippen LogP contribution in [0.1, 0.15) is 30.4 Å². The first-order valence-electron chi connectivity index (χ1n) is 10.5. The fourth-order valence-corrected chi connectivity index (χ4v) is 3.54. The number of hydroxylamine groups is 1. The van der Waals surface area contributed by atoms with Crippen LogP contribution < -0.4 is 26.0 Å². The second kappa shape index (κ2) is 11.5. The molecule has 172 valence electrons. The number of fused-ring (bicyclic) bond motifs is 3. The van der Waals surface area contributed by atoms with Crippen LogP contribution in [0.2, 0.25) is 0 Å². The number of anilines is 1. The minimum Gasteiger partial charge on any atom is -0.497 e. The molecule has 32 heavy (non-hydrogen) atoms. The Kier molecular flexibility index (Phi) is 8.43. The van der Waals surface area contributed by atoms with Crippen LogP contribution in [0.5, 0.6) is 11.5 Å². The van der Waals surface area contributed by atoms with E-state index in [0.717, 1.165) is 23.3 Å². The van der Waals surface area contributed by atoms with Gasteiger partial charge in [-0.1, -0.05) is 18.2 Å². The molecule has 9 nitrogen and oxygen atoms in total. The molecule has 9 heteroatoms. The summed E-state index contributed by atoms with van der Waals surface area (Å²) in [6.07, 6.45) is 0.531. The van der Waals surface area contributed by atoms with Crippen molar-refractivity contribution < 1.29 is 29.0 Å². The number of nitrogens with two attached hydrogens (primary N) is 1. The predicted molar refractivity (Wildman–Crippen MR) is 118 cm³/mol. The zero-order chi connectivity index (χ0) is 22.9. The van der Waals surface area contributed by atoms with Crippen molar-refractivity contribution >= 4 is 17.5 Å². The molecular formula is C23H29N3O6. The molecule has 2 aromatic carbocycles. The quantitative estimate of drug-likeness (QED) is 0.411. The number of rotatable bonds is 5. The summed E-state index contributed by atoms with van der Waals surface area (Å²) in [4.78, 5) is 24.4. The number of carbonyl (C=O) groups excluding carboxylic acids is 2. The molecule has 2 aromatic rings. The molecule has 1 heterocycles. The maximum atomic E-state index is 13.0. The highest BCUT2D eigenvalue weighted by atomic mass is 16.5. The highest BCUT2D eigenvalue weighted by Crippen LogP contribution is 2.27. The third kappa shape index (κ3) is 6.68. The van der Waals surface area contributed by atoms with Crippen LogP contribution >= 0.6 is 0 Å². The van der Waals surface area contributed by atoms with Crippen LogP contribution in [-0.2, 0) is 27.4 Å². The summed E-state index contributed by atoms with van der Waals surface area (Å²) in [6.45, 7) is 0.653. The predicted octanol–water partition coefficient (Wildman–Crippen LogP) is 2.16. The van der Waals surface area contributed by atoms with Gasteiger partial charge in [0.2, 0.25) is 5.91 Å². The van der Waals surface area contributed by atoms with E-state index in [9.17, 15) is 9.59 Å². The average Bonchev–Trinajstić information content (AvgIpc) is 2.79. The monoisotopic (exact) mass is 443 g/mol. The maximum absolute atomic E-state index is 13.0. The van der Waals surface area contributed by atoms with Gasteiger partial charge in [0.1, 0.15) is 24.2 Å². The number of nitrogens with one attached hydrogen (secondary N) is 2. The van der Waals surface area contributed by atoms with Gasteiger partial charge >= 0.3 is 0 Å². The van der Waals surface area contributed by atoms with Gasteiger partial charge in [0.25, 0.3) is 5.91 Å². The first-order valence-corrected chi connectivity index (χ1v) is 10.5. The van der Waals surface area contributed by atoms with E-state index in [0.29, 0.717) is 31.1 Å². The van der Waals surface area contributed by atoms with Crippen molar-refractivity contribution in [2.24, 2.45) is 5.73 Å². The number of benzene rings is 2. The van der Waals surface area contributed by atoms with Gasteiger partial charge in [0, 0.05) is 19.1 Å². The van der Waals surface area contributed by atoms with Gasteiger partial charge in [0.05, 0.1) is 12.8 Å². The molecule has 2 atom stereocenters. The van der Waals surface area contributed by atoms with Crippen molar-refractivity contribution in [1.82, 2.24) is 5.48 Å². The molecule has 0 unspecified atom stereocenters. The number of methoxy groups -OCH3 is 1. The summed E-state index contributed by atoms with van der Waals surface area (Å²) in [7, 11) is 1.63. The van der Waals surface area contributed by atoms with Crippen molar-refractivity contribution in [2.45, 2.75) is 44.4 Å². The molecular weight excluding hydrogens is 414 g/mol. The fourth-order valence-electron chi connectivity index (χ4n) is 3.54. The Bertz CT molecular complexity index is 936. The summed E-state index contributed by atoms with van der Waals surface area (Å²) < 4.78 is 17.3. The summed E-state index contributed by atoms with van der Waals surface area (Å²) >= 11 is 0. The van der Waals surface area contributed by atoms with E-state index >= 15 is 0 Å². The van der Waals surface area contributed by atoms with E-state index in [1.54, 1.807) is 30.8 Å². The highest BCUT2D eigenvalue weighted by Gasteiger charge is 2.24. The standard InChI is InChI=1S/C23H29N3O6/c1-30-18-10-15-5-4-8-31-21(12-17(24)13-22(27)26-29)23(28)25-19-6-2-3-7-20(19)32-14-16(9-15)11-18/h2-3,6-7,9-11,17,21,29H,4-5,8,12-14,24H2,1H3,(H,25,28)(H,26,27)/t17-,21+/m0/s1. The van der Waals surface area contributed by atoms with Crippen LogP contribution in [0.15, 0.2) is 42.5 Å². The molecule has 3 rings (SSSR count). The second-order valence-corrected chi connectivity index (χ2v) is 7.66. The lowest BCUT2D eigenvalue weighted by atomic mass is 10.0. The number of carbonyl (C=O) groups is 2. The number of aryl methyl sites for hydroxylation is 1. The average molecular weight is 444 g/mol. The maximum Gasteiger partial charge on any atom is 0.253 e. The largest absolute Gasteiger partial charge is 0.497 e. The van der Waals surface area contributed by atoms with E-state index in [1.165, 1.54) is 0 Å². The second-order valence-electron chi connectivity index (χ2n) is 7.66. The molecule has 5 N–H and O–H groups in total. The molecule has 1 aliphatic rings. The van der Waals surface area contributed by atoms with Crippen molar-refractivity contribution in [3.8, 4) is 11.5 Å². The molecule has 2 bridgehead atoms. The Hall–Kier alpha value is -3.14. The Morgan fingerprint density at radius 1 is 1.31 bits per heavy atom. The van der Waals surface area contributed by atoms with Crippen LogP contribution in [0.25, 0.3) is 0 Å². The van der Waals surface area contributed by atoms with E-state index < -0.39 is 18.1 Å². The van der Waals surface area contributed by atoms with Crippen molar-refractivity contribution in [2.75, 3.05) is 19.0 Å². The zero-order valence-corrected chi connectivity index (χ0v) is 18.0. The van der Waals surface area contributed by atoms with E-state index in [1.807, 2.05) is 18.2 Å². The van der Waals surface area contributed by atoms with Crippen LogP contribution in [0.3, 0.4) is 0 Å². The van der Waals surface area contributed by atoms with Crippen molar-refractivity contribution in [3.05, 3.63) is 53.6 Å². The zero-order valence-electron chi connectivity index (χ0n) is 18.0. The minimum absolute atomic E-state index is 0.117. The van der Waals surface area contributed by atoms with Crippen molar-refractivity contribution in [1.29, 1.82) is 0 Å². The molecule has 1 aliphatic heterocycles. The van der Waals surface area contributed by atoms with E-state index in [2.05, 4.69) is 11.4 Å². The highest BCUT2D eigenvalue weighted by molar-refractivity contribution is 5.95. The number of hydrogen-bond donors (Lipinski definition) is 4. The summed E-state index contributed by atoms with van der Waals surface area (Å²) in [6, 6.07) is 12.4. The Morgan fingerprint density at radius 3 is 2.88 bits per heavy atom. The van der Waals surface area contributed by atoms with Gasteiger partial charge in [-0.05, 0) is 54.7 Å². The lowest BCUT2D eigenvalue weighted by Gasteiger charge is -2.22. The van der Waals surface area contributed by atoms with Crippen LogP contribution in [0.4, 0.5) is 5.69 Å². The smallest absolute Gasteiger partial charge is 0.253 e. The third-order valence-corrected chi connectivity index (χ3v) is 5.11. The van der Waals surface area contributed by atoms with E-state index in [4.69, 9.17) is 25.2 Å². The fraction of sp³-hybridized carbons (Fsp3) is 0.391. The Labute approximate surface area is 186 Å². The molecule has 0 fully saturated rings. The number of amides is 2. The minimum atomic E-state index is -0.867. The van der Waals surface area contributed by atoms with Gasteiger partial charge < -0.3 is 25.3 Å². The molecule has 0 radical (unpaired) electrons. The third-order valence-electron chi connectivity index (χ3n) is 5.11. The molecule has 0 saturated heterocycles. The first kappa shape index (κ1) is 23.5. The van der Waals surface area contributed by atoms with Gasteiger partial charge in [0.15, 0.2) is 0 Å². The van der Waals surface area contributed by atoms with Crippen molar-refractivity contribution in [3.63, 3.8) is 0 Å². The SMILES string of the molecule is COc1cc2cc(c1)COc1ccccc1NC(=O)[C@@H](C[C@H](N)CC(=O)NO)OCCC2. The summed E-state index contributed by atoms with van der Waals surface area (Å²) in [5.74, 6) is 0.274. The molecule has 0 saturated carbocycles. The molecule has 0 spiro atoms. The van der Waals surface area contributed by atoms with E-state index in [-0.39, 0.29) is 18.7 Å². The van der Waals surface area contributed by atoms with Gasteiger partial charge in [-0.15, -0.1) is 0 Å². The first-order chi connectivity index (χ1) is 15.5. The Balaban J connectivity index is 1.83. The summed E-state index contributed by atoms with van der Waals surface area (Å²) in [5.41, 5.74) is 10.1. The van der Waals surface area contributed by atoms with Gasteiger partial charge in [-0.25, -0.2) is 5.48 Å². The van der Waals surface area contributed by atoms with Crippen LogP contribution in [0, 0.1) is 0 Å².